The van der Waals surface area contributed by atoms with Crippen LogP contribution in [0.15, 0.2) is 23.4 Å². The van der Waals surface area contributed by atoms with Crippen molar-refractivity contribution >= 4 is 10.0 Å². The molecule has 6 nitrogen and oxygen atoms in total. The van der Waals surface area contributed by atoms with E-state index in [4.69, 9.17) is 5.11 Å². The van der Waals surface area contributed by atoms with E-state index in [0.29, 0.717) is 5.56 Å². The van der Waals surface area contributed by atoms with Gasteiger partial charge >= 0.3 is 0 Å². The van der Waals surface area contributed by atoms with Gasteiger partial charge in [-0.3, -0.25) is 0 Å². The maximum Gasteiger partial charge on any atom is 0.258 e. The van der Waals surface area contributed by atoms with Crippen LogP contribution in [0.4, 0.5) is 0 Å². The number of aromatic nitrogens is 1. The van der Waals surface area contributed by atoms with E-state index in [1.54, 1.807) is 6.07 Å². The third kappa shape index (κ3) is 4.24. The van der Waals surface area contributed by atoms with Crippen molar-refractivity contribution in [1.29, 1.82) is 0 Å². The molecule has 7 heteroatoms. The number of aliphatic hydroxyl groups excluding tert-OH is 1. The van der Waals surface area contributed by atoms with E-state index >= 15 is 0 Å². The van der Waals surface area contributed by atoms with E-state index in [0.717, 1.165) is 0 Å². The van der Waals surface area contributed by atoms with Crippen LogP contribution >= 0.6 is 0 Å². The lowest BCUT2D eigenvalue weighted by Crippen LogP contribution is -2.48. The molecule has 1 aromatic heterocycles. The normalized spacial score (nSPS) is 12.9. The summed E-state index contributed by atoms with van der Waals surface area (Å²) in [5.41, 5.74) is 0.283. The molecule has 0 aliphatic heterocycles. The van der Waals surface area contributed by atoms with Gasteiger partial charge in [-0.15, -0.1) is 0 Å². The Morgan fingerprint density at radius 2 is 2.00 bits per heavy atom. The summed E-state index contributed by atoms with van der Waals surface area (Å²) in [6.45, 7) is 4.01. The molecule has 2 N–H and O–H groups in total. The first-order chi connectivity index (χ1) is 8.69. The lowest BCUT2D eigenvalue weighted by Gasteiger charge is -2.32. The highest BCUT2D eigenvalue weighted by atomic mass is 32.2. The number of hydrogen-bond donors (Lipinski definition) is 2. The molecule has 0 aliphatic rings. The number of nitrogens with zero attached hydrogens (tertiary/aromatic N) is 2. The van der Waals surface area contributed by atoms with Gasteiger partial charge in [-0.1, -0.05) is 6.07 Å². The summed E-state index contributed by atoms with van der Waals surface area (Å²) in [4.78, 5) is 5.78. The highest BCUT2D eigenvalue weighted by Gasteiger charge is 2.24. The highest BCUT2D eigenvalue weighted by Crippen LogP contribution is 2.11. The molecule has 0 radical (unpaired) electrons. The van der Waals surface area contributed by atoms with Gasteiger partial charge in [0.05, 0.1) is 6.61 Å². The number of likely N-dealkylation sites (N-methyl/N-ethyl adjacent to an activating group) is 1. The average Bonchev–Trinajstić information content (AvgIpc) is 2.36. The largest absolute Gasteiger partial charge is 0.392 e. The molecular weight excluding hydrogens is 266 g/mol. The zero-order valence-corrected chi connectivity index (χ0v) is 12.5. The predicted octanol–water partition coefficient (Wildman–Crippen LogP) is 0.192. The topological polar surface area (TPSA) is 82.5 Å². The molecule has 19 heavy (non-hydrogen) atoms. The Morgan fingerprint density at radius 1 is 1.37 bits per heavy atom. The quantitative estimate of drug-likeness (QED) is 0.780. The molecule has 0 aromatic carbocycles. The molecule has 1 heterocycles. The van der Waals surface area contributed by atoms with Gasteiger partial charge in [-0.2, -0.15) is 0 Å². The van der Waals surface area contributed by atoms with Crippen LogP contribution in [0.2, 0.25) is 0 Å². The van der Waals surface area contributed by atoms with Crippen LogP contribution < -0.4 is 4.72 Å². The molecule has 0 amide bonds. The van der Waals surface area contributed by atoms with E-state index in [1.807, 2.05) is 32.8 Å². The molecule has 0 unspecified atom stereocenters. The zero-order chi connectivity index (χ0) is 14.7. The van der Waals surface area contributed by atoms with Gasteiger partial charge in [0, 0.05) is 18.3 Å². The van der Waals surface area contributed by atoms with Crippen molar-refractivity contribution in [2.45, 2.75) is 31.0 Å². The van der Waals surface area contributed by atoms with Crippen LogP contribution in [0.3, 0.4) is 0 Å². The highest BCUT2D eigenvalue weighted by molar-refractivity contribution is 7.89. The smallest absolute Gasteiger partial charge is 0.258 e. The van der Waals surface area contributed by atoms with Crippen molar-refractivity contribution in [3.8, 4) is 0 Å². The summed E-state index contributed by atoms with van der Waals surface area (Å²) in [5.74, 6) is 0. The van der Waals surface area contributed by atoms with Crippen molar-refractivity contribution in [2.75, 3.05) is 20.6 Å². The predicted molar refractivity (Wildman–Crippen MR) is 73.1 cm³/mol. The van der Waals surface area contributed by atoms with E-state index < -0.39 is 10.0 Å². The molecule has 0 saturated heterocycles. The van der Waals surface area contributed by atoms with E-state index in [9.17, 15) is 8.42 Å². The van der Waals surface area contributed by atoms with Crippen LogP contribution in [0, 0.1) is 0 Å². The molecule has 1 rings (SSSR count). The van der Waals surface area contributed by atoms with Crippen LogP contribution in [-0.4, -0.2) is 49.6 Å². The van der Waals surface area contributed by atoms with Crippen molar-refractivity contribution < 1.29 is 13.5 Å². The number of nitrogens with one attached hydrogen (secondary N) is 1. The SMILES string of the molecule is CN(C)C(C)(C)CNS(=O)(=O)c1ccc(CO)cn1. The van der Waals surface area contributed by atoms with Gasteiger partial charge < -0.3 is 10.0 Å². The third-order valence-electron chi connectivity index (χ3n) is 3.16. The minimum Gasteiger partial charge on any atom is -0.392 e. The van der Waals surface area contributed by atoms with E-state index in [-0.39, 0.29) is 23.7 Å². The fourth-order valence-electron chi connectivity index (χ4n) is 1.17. The Kier molecular flexibility index (Phi) is 5.03. The number of sulfonamides is 1. The van der Waals surface area contributed by atoms with Crippen LogP contribution in [0.1, 0.15) is 19.4 Å². The number of rotatable bonds is 6. The van der Waals surface area contributed by atoms with Crippen LogP contribution in [0.5, 0.6) is 0 Å². The van der Waals surface area contributed by atoms with Gasteiger partial charge in [-0.05, 0) is 39.6 Å². The fraction of sp³-hybridized carbons (Fsp3) is 0.583. The molecule has 0 fully saturated rings. The van der Waals surface area contributed by atoms with Crippen molar-refractivity contribution in [2.24, 2.45) is 0 Å². The Bertz CT molecular complexity index is 510. The molecule has 0 aliphatic carbocycles. The summed E-state index contributed by atoms with van der Waals surface area (Å²) >= 11 is 0. The molecule has 0 saturated carbocycles. The van der Waals surface area contributed by atoms with Crippen molar-refractivity contribution in [1.82, 2.24) is 14.6 Å². The molecule has 1 aromatic rings. The van der Waals surface area contributed by atoms with E-state index in [2.05, 4.69) is 9.71 Å². The average molecular weight is 287 g/mol. The van der Waals surface area contributed by atoms with Gasteiger partial charge in [0.25, 0.3) is 10.0 Å². The molecule has 0 bridgehead atoms. The minimum absolute atomic E-state index is 0.0424. The van der Waals surface area contributed by atoms with Gasteiger partial charge in [0.15, 0.2) is 5.03 Å². The Hall–Kier alpha value is -1.02. The second-order valence-electron chi connectivity index (χ2n) is 5.19. The Balaban J connectivity index is 2.81. The third-order valence-corrected chi connectivity index (χ3v) is 4.48. The summed E-state index contributed by atoms with van der Waals surface area (Å²) in [7, 11) is 0.162. The fourth-order valence-corrected chi connectivity index (χ4v) is 2.30. The monoisotopic (exact) mass is 287 g/mol. The molecule has 0 atom stereocenters. The maximum atomic E-state index is 12.0. The molecule has 0 spiro atoms. The van der Waals surface area contributed by atoms with Gasteiger partial charge in [0.2, 0.25) is 0 Å². The molecule has 108 valence electrons. The number of hydrogen-bond acceptors (Lipinski definition) is 5. The maximum absolute atomic E-state index is 12.0. The lowest BCUT2D eigenvalue weighted by atomic mass is 10.1. The summed E-state index contributed by atoms with van der Waals surface area (Å²) in [6, 6.07) is 2.93. The summed E-state index contributed by atoms with van der Waals surface area (Å²) < 4.78 is 26.6. The van der Waals surface area contributed by atoms with Crippen LogP contribution in [0.25, 0.3) is 0 Å². The first-order valence-electron chi connectivity index (χ1n) is 5.92. The van der Waals surface area contributed by atoms with Gasteiger partial charge in [-0.25, -0.2) is 18.1 Å². The van der Waals surface area contributed by atoms with Crippen molar-refractivity contribution in [3.05, 3.63) is 23.9 Å². The summed E-state index contributed by atoms with van der Waals surface area (Å²) in [5, 5.41) is 8.85. The summed E-state index contributed by atoms with van der Waals surface area (Å²) in [6.07, 6.45) is 1.35. The first kappa shape index (κ1) is 16.0. The second-order valence-corrected chi connectivity index (χ2v) is 6.91. The van der Waals surface area contributed by atoms with Gasteiger partial charge in [0.1, 0.15) is 0 Å². The number of aliphatic hydroxyl groups is 1. The standard InChI is InChI=1S/C12H21N3O3S/c1-12(2,15(3)4)9-14-19(17,18)11-6-5-10(8-16)7-13-11/h5-7,14,16H,8-9H2,1-4H3. The minimum atomic E-state index is -3.62. The van der Waals surface area contributed by atoms with Crippen molar-refractivity contribution in [3.63, 3.8) is 0 Å². The first-order valence-corrected chi connectivity index (χ1v) is 7.40. The second kappa shape index (κ2) is 5.96. The zero-order valence-electron chi connectivity index (χ0n) is 11.7. The lowest BCUT2D eigenvalue weighted by molar-refractivity contribution is 0.199. The Labute approximate surface area is 114 Å². The molecular formula is C12H21N3O3S. The Morgan fingerprint density at radius 3 is 2.42 bits per heavy atom. The van der Waals surface area contributed by atoms with Crippen LogP contribution in [-0.2, 0) is 16.6 Å². The number of pyridine rings is 1. The van der Waals surface area contributed by atoms with E-state index in [1.165, 1.54) is 12.3 Å².